The van der Waals surface area contributed by atoms with Gasteiger partial charge in [0.05, 0.1) is 5.69 Å². The predicted molar refractivity (Wildman–Crippen MR) is 87.9 cm³/mol. The maximum atomic E-state index is 12.0. The van der Waals surface area contributed by atoms with E-state index in [9.17, 15) is 4.79 Å². The van der Waals surface area contributed by atoms with Gasteiger partial charge in [0.2, 0.25) is 0 Å². The van der Waals surface area contributed by atoms with Crippen LogP contribution in [0.4, 0.5) is 0 Å². The zero-order valence-electron chi connectivity index (χ0n) is 11.7. The molecule has 3 aromatic rings. The molecule has 0 atom stereocenters. The normalized spacial score (nSPS) is 10.7. The lowest BCUT2D eigenvalue weighted by atomic mass is 10.0. The first kappa shape index (κ1) is 13.8. The van der Waals surface area contributed by atoms with Gasteiger partial charge in [-0.3, -0.25) is 15.0 Å². The fraction of sp³-hybridized carbons (Fsp3) is 0.118. The molecule has 0 aliphatic carbocycles. The Labute approximate surface area is 127 Å². The van der Waals surface area contributed by atoms with Gasteiger partial charge >= 0.3 is 0 Å². The Morgan fingerprint density at radius 1 is 0.952 bits per heavy atom. The number of H-pyrrole nitrogens is 2. The molecule has 0 unspecified atom stereocenters. The number of aromatic nitrogens is 2. The minimum atomic E-state index is -0.0530. The topological polar surface area (TPSA) is 48.6 Å². The molecule has 0 bridgehead atoms. The summed E-state index contributed by atoms with van der Waals surface area (Å²) in [5, 5.41) is 5.69. The Balaban J connectivity index is 1.95. The van der Waals surface area contributed by atoms with Crippen LogP contribution in [0.25, 0.3) is 11.3 Å². The second-order valence-corrected chi connectivity index (χ2v) is 5.70. The van der Waals surface area contributed by atoms with Crippen molar-refractivity contribution < 1.29 is 0 Å². The van der Waals surface area contributed by atoms with Gasteiger partial charge < -0.3 is 0 Å². The van der Waals surface area contributed by atoms with Gasteiger partial charge in [0.1, 0.15) is 0 Å². The summed E-state index contributed by atoms with van der Waals surface area (Å²) in [5.74, 6) is 0. The number of rotatable bonds is 4. The number of nitrogens with one attached hydrogen (secondary N) is 2. The van der Waals surface area contributed by atoms with Gasteiger partial charge in [-0.05, 0) is 29.5 Å². The van der Waals surface area contributed by atoms with Crippen molar-refractivity contribution in [3.63, 3.8) is 0 Å². The molecule has 0 radical (unpaired) electrons. The molecular formula is C17H16N2OS. The Bertz CT molecular complexity index is 773. The summed E-state index contributed by atoms with van der Waals surface area (Å²) in [4.78, 5) is 13.3. The largest absolute Gasteiger partial charge is 0.297 e. The van der Waals surface area contributed by atoms with Crippen molar-refractivity contribution in [3.05, 3.63) is 76.1 Å². The van der Waals surface area contributed by atoms with Gasteiger partial charge in [-0.15, -0.1) is 11.8 Å². The van der Waals surface area contributed by atoms with Crippen LogP contribution in [0.3, 0.4) is 0 Å². The van der Waals surface area contributed by atoms with Crippen LogP contribution in [0, 0.1) is 0 Å². The Hall–Kier alpha value is -2.20. The molecule has 0 saturated carbocycles. The molecular weight excluding hydrogens is 280 g/mol. The van der Waals surface area contributed by atoms with E-state index in [1.54, 1.807) is 11.8 Å². The summed E-state index contributed by atoms with van der Waals surface area (Å²) < 4.78 is 0. The molecule has 3 nitrogen and oxygen atoms in total. The highest BCUT2D eigenvalue weighted by molar-refractivity contribution is 7.98. The lowest BCUT2D eigenvalue weighted by Crippen LogP contribution is -2.06. The highest BCUT2D eigenvalue weighted by atomic mass is 32.2. The summed E-state index contributed by atoms with van der Waals surface area (Å²) >= 11 is 1.71. The summed E-state index contributed by atoms with van der Waals surface area (Å²) in [6.07, 6.45) is 2.68. The van der Waals surface area contributed by atoms with Crippen molar-refractivity contribution in [2.75, 3.05) is 6.26 Å². The van der Waals surface area contributed by atoms with Crippen LogP contribution in [0.1, 0.15) is 11.1 Å². The summed E-state index contributed by atoms with van der Waals surface area (Å²) in [6, 6.07) is 18.2. The summed E-state index contributed by atoms with van der Waals surface area (Å²) in [7, 11) is 0. The van der Waals surface area contributed by atoms with Crippen LogP contribution in [-0.4, -0.2) is 16.5 Å². The van der Waals surface area contributed by atoms with Crippen molar-refractivity contribution in [1.82, 2.24) is 10.2 Å². The number of benzene rings is 2. The van der Waals surface area contributed by atoms with Crippen molar-refractivity contribution in [3.8, 4) is 11.3 Å². The number of hydrogen-bond donors (Lipinski definition) is 2. The van der Waals surface area contributed by atoms with E-state index in [-0.39, 0.29) is 5.56 Å². The second kappa shape index (κ2) is 6.06. The molecule has 1 heterocycles. The SMILES string of the molecule is CSc1ccc(Cc2c(-c3ccccc3)[nH][nH]c2=O)cc1. The quantitative estimate of drug-likeness (QED) is 0.721. The van der Waals surface area contributed by atoms with Crippen LogP contribution in [0.2, 0.25) is 0 Å². The van der Waals surface area contributed by atoms with Gasteiger partial charge in [0.25, 0.3) is 5.56 Å². The Morgan fingerprint density at radius 3 is 2.33 bits per heavy atom. The number of aromatic amines is 2. The van der Waals surface area contributed by atoms with Gasteiger partial charge in [0.15, 0.2) is 0 Å². The highest BCUT2D eigenvalue weighted by Gasteiger charge is 2.12. The van der Waals surface area contributed by atoms with Gasteiger partial charge in [0, 0.05) is 16.9 Å². The smallest absolute Gasteiger partial charge is 0.268 e. The van der Waals surface area contributed by atoms with Crippen LogP contribution in [-0.2, 0) is 6.42 Å². The minimum absolute atomic E-state index is 0.0530. The van der Waals surface area contributed by atoms with E-state index in [1.165, 1.54) is 4.90 Å². The molecule has 4 heteroatoms. The standard InChI is InChI=1S/C17H16N2OS/c1-21-14-9-7-12(8-10-14)11-15-16(18-19-17(15)20)13-5-3-2-4-6-13/h2-10H,11H2,1H3,(H2,18,19,20). The molecule has 2 aromatic carbocycles. The molecule has 0 saturated heterocycles. The first-order chi connectivity index (χ1) is 10.3. The molecule has 0 amide bonds. The van der Waals surface area contributed by atoms with Gasteiger partial charge in [-0.2, -0.15) is 0 Å². The third-order valence-electron chi connectivity index (χ3n) is 3.48. The molecule has 21 heavy (non-hydrogen) atoms. The molecule has 3 rings (SSSR count). The summed E-state index contributed by atoms with van der Waals surface area (Å²) in [5.41, 5.74) is 3.75. The fourth-order valence-electron chi connectivity index (χ4n) is 2.35. The van der Waals surface area contributed by atoms with E-state index in [0.29, 0.717) is 6.42 Å². The molecule has 1 aromatic heterocycles. The van der Waals surface area contributed by atoms with Crippen LogP contribution in [0.5, 0.6) is 0 Å². The van der Waals surface area contributed by atoms with Crippen molar-refractivity contribution in [2.45, 2.75) is 11.3 Å². The van der Waals surface area contributed by atoms with E-state index >= 15 is 0 Å². The number of thioether (sulfide) groups is 1. The van der Waals surface area contributed by atoms with E-state index in [1.807, 2.05) is 30.3 Å². The first-order valence-corrected chi connectivity index (χ1v) is 7.98. The van der Waals surface area contributed by atoms with Gasteiger partial charge in [-0.25, -0.2) is 0 Å². The van der Waals surface area contributed by atoms with E-state index in [4.69, 9.17) is 0 Å². The Morgan fingerprint density at radius 2 is 1.67 bits per heavy atom. The lowest BCUT2D eigenvalue weighted by Gasteiger charge is -2.04. The maximum Gasteiger partial charge on any atom is 0.268 e. The average molecular weight is 296 g/mol. The monoisotopic (exact) mass is 296 g/mol. The van der Waals surface area contributed by atoms with E-state index in [0.717, 1.165) is 22.4 Å². The zero-order chi connectivity index (χ0) is 14.7. The summed E-state index contributed by atoms with van der Waals surface area (Å²) in [6.45, 7) is 0. The maximum absolute atomic E-state index is 12.0. The van der Waals surface area contributed by atoms with Gasteiger partial charge in [-0.1, -0.05) is 42.5 Å². The fourth-order valence-corrected chi connectivity index (χ4v) is 2.76. The third-order valence-corrected chi connectivity index (χ3v) is 4.22. The zero-order valence-corrected chi connectivity index (χ0v) is 12.5. The molecule has 0 spiro atoms. The van der Waals surface area contributed by atoms with Crippen molar-refractivity contribution >= 4 is 11.8 Å². The van der Waals surface area contributed by atoms with E-state index < -0.39 is 0 Å². The van der Waals surface area contributed by atoms with Crippen LogP contribution < -0.4 is 5.56 Å². The minimum Gasteiger partial charge on any atom is -0.297 e. The van der Waals surface area contributed by atoms with Crippen LogP contribution >= 0.6 is 11.8 Å². The second-order valence-electron chi connectivity index (χ2n) is 4.82. The highest BCUT2D eigenvalue weighted by Crippen LogP contribution is 2.22. The molecule has 0 aliphatic rings. The molecule has 0 fully saturated rings. The Kier molecular flexibility index (Phi) is 3.97. The third kappa shape index (κ3) is 2.95. The molecule has 106 valence electrons. The van der Waals surface area contributed by atoms with Crippen molar-refractivity contribution in [2.24, 2.45) is 0 Å². The first-order valence-electron chi connectivity index (χ1n) is 6.76. The molecule has 2 N–H and O–H groups in total. The average Bonchev–Trinajstić information content (AvgIpc) is 2.90. The molecule has 0 aliphatic heterocycles. The van der Waals surface area contributed by atoms with Crippen molar-refractivity contribution in [1.29, 1.82) is 0 Å². The van der Waals surface area contributed by atoms with E-state index in [2.05, 4.69) is 40.7 Å². The lowest BCUT2D eigenvalue weighted by molar-refractivity contribution is 1.05. The predicted octanol–water partition coefficient (Wildman–Crippen LogP) is 3.68. The number of hydrogen-bond acceptors (Lipinski definition) is 2. The van der Waals surface area contributed by atoms with Crippen LogP contribution in [0.15, 0.2) is 64.3 Å².